The molecule has 134 valence electrons. The molecule has 2 aromatic carbocycles. The van der Waals surface area contributed by atoms with Crippen molar-refractivity contribution in [2.75, 3.05) is 7.11 Å². The van der Waals surface area contributed by atoms with Gasteiger partial charge in [-0.25, -0.2) is 0 Å². The van der Waals surface area contributed by atoms with E-state index in [1.54, 1.807) is 13.2 Å². The minimum atomic E-state index is -0.121. The van der Waals surface area contributed by atoms with Crippen molar-refractivity contribution in [2.45, 2.75) is 26.2 Å². The zero-order valence-electron chi connectivity index (χ0n) is 15.0. The zero-order chi connectivity index (χ0) is 18.7. The maximum absolute atomic E-state index is 12.5. The standard InChI is InChI=1S/C22H21ClO3/c1-4-5-6-14(2)17-11-12-18-19(24)13-20(26-22(18)21(17)23)15-7-9-16(25-3)10-8-15/h7-13H,2,4-6H2,1,3H3. The van der Waals surface area contributed by atoms with Gasteiger partial charge in [-0.1, -0.05) is 37.6 Å². The summed E-state index contributed by atoms with van der Waals surface area (Å²) >= 11 is 6.58. The maximum atomic E-state index is 12.5. The predicted molar refractivity (Wildman–Crippen MR) is 108 cm³/mol. The van der Waals surface area contributed by atoms with Crippen LogP contribution in [0.3, 0.4) is 0 Å². The molecule has 0 aliphatic rings. The molecule has 0 radical (unpaired) electrons. The van der Waals surface area contributed by atoms with E-state index >= 15 is 0 Å². The monoisotopic (exact) mass is 368 g/mol. The van der Waals surface area contributed by atoms with E-state index in [-0.39, 0.29) is 5.43 Å². The SMILES string of the molecule is C=C(CCCC)c1ccc2c(=O)cc(-c3ccc(OC)cc3)oc2c1Cl. The van der Waals surface area contributed by atoms with Crippen molar-refractivity contribution in [3.63, 3.8) is 0 Å². The fourth-order valence-corrected chi connectivity index (χ4v) is 3.22. The van der Waals surface area contributed by atoms with Gasteiger partial charge in [0, 0.05) is 11.6 Å². The molecule has 0 spiro atoms. The number of rotatable bonds is 6. The van der Waals surface area contributed by atoms with Crippen molar-refractivity contribution in [1.82, 2.24) is 0 Å². The maximum Gasteiger partial charge on any atom is 0.193 e. The molecule has 3 rings (SSSR count). The van der Waals surface area contributed by atoms with Crippen LogP contribution in [0.4, 0.5) is 0 Å². The summed E-state index contributed by atoms with van der Waals surface area (Å²) < 4.78 is 11.2. The summed E-state index contributed by atoms with van der Waals surface area (Å²) in [5.41, 5.74) is 2.86. The molecule has 1 aromatic heterocycles. The van der Waals surface area contributed by atoms with Crippen LogP contribution in [0.25, 0.3) is 27.9 Å². The molecule has 0 amide bonds. The first-order chi connectivity index (χ1) is 12.5. The van der Waals surface area contributed by atoms with Gasteiger partial charge in [-0.15, -0.1) is 0 Å². The molecule has 1 heterocycles. The summed E-state index contributed by atoms with van der Waals surface area (Å²) in [5.74, 6) is 1.22. The van der Waals surface area contributed by atoms with Crippen molar-refractivity contribution in [3.8, 4) is 17.1 Å². The van der Waals surface area contributed by atoms with Crippen molar-refractivity contribution in [2.24, 2.45) is 0 Å². The van der Waals surface area contributed by atoms with Crippen molar-refractivity contribution < 1.29 is 9.15 Å². The second kappa shape index (κ2) is 7.79. The fraction of sp³-hybridized carbons (Fsp3) is 0.227. The van der Waals surface area contributed by atoms with Crippen LogP contribution in [0.5, 0.6) is 5.75 Å². The normalized spacial score (nSPS) is 10.9. The Balaban J connectivity index is 2.11. The van der Waals surface area contributed by atoms with Crippen molar-refractivity contribution in [3.05, 3.63) is 69.9 Å². The molecule has 4 heteroatoms. The lowest BCUT2D eigenvalue weighted by atomic mass is 10.0. The second-order valence-electron chi connectivity index (χ2n) is 6.21. The summed E-state index contributed by atoms with van der Waals surface area (Å²) in [4.78, 5) is 12.5. The third kappa shape index (κ3) is 3.54. The molecule has 0 N–H and O–H groups in total. The highest BCUT2D eigenvalue weighted by Crippen LogP contribution is 2.34. The highest BCUT2D eigenvalue weighted by molar-refractivity contribution is 6.36. The van der Waals surface area contributed by atoms with Gasteiger partial charge in [0.1, 0.15) is 11.5 Å². The third-order valence-electron chi connectivity index (χ3n) is 4.42. The highest BCUT2D eigenvalue weighted by atomic mass is 35.5. The minimum Gasteiger partial charge on any atom is -0.497 e. The van der Waals surface area contributed by atoms with E-state index in [9.17, 15) is 4.79 Å². The van der Waals surface area contributed by atoms with Crippen LogP contribution in [-0.4, -0.2) is 7.11 Å². The Kier molecular flexibility index (Phi) is 5.48. The lowest BCUT2D eigenvalue weighted by molar-refractivity contribution is 0.415. The summed E-state index contributed by atoms with van der Waals surface area (Å²) in [7, 11) is 1.61. The predicted octanol–water partition coefficient (Wildman–Crippen LogP) is 6.33. The molecule has 0 saturated heterocycles. The lowest BCUT2D eigenvalue weighted by Crippen LogP contribution is -2.01. The Morgan fingerprint density at radius 2 is 1.92 bits per heavy atom. The van der Waals surface area contributed by atoms with Gasteiger partial charge in [-0.2, -0.15) is 0 Å². The molecule has 0 saturated carbocycles. The summed E-state index contributed by atoms with van der Waals surface area (Å²) in [6.07, 6.45) is 2.99. The Hall–Kier alpha value is -2.52. The van der Waals surface area contributed by atoms with Crippen LogP contribution in [0.15, 0.2) is 58.3 Å². The number of fused-ring (bicyclic) bond motifs is 1. The number of hydrogen-bond donors (Lipinski definition) is 0. The molecule has 0 aliphatic carbocycles. The van der Waals surface area contributed by atoms with Crippen LogP contribution in [-0.2, 0) is 0 Å². The first-order valence-electron chi connectivity index (χ1n) is 8.64. The van der Waals surface area contributed by atoms with Gasteiger partial charge in [0.2, 0.25) is 0 Å². The second-order valence-corrected chi connectivity index (χ2v) is 6.59. The molecule has 0 atom stereocenters. The van der Waals surface area contributed by atoms with E-state index < -0.39 is 0 Å². The minimum absolute atomic E-state index is 0.121. The quantitative estimate of drug-likeness (QED) is 0.510. The largest absolute Gasteiger partial charge is 0.497 e. The Bertz CT molecular complexity index is 1000. The highest BCUT2D eigenvalue weighted by Gasteiger charge is 2.14. The molecule has 26 heavy (non-hydrogen) atoms. The van der Waals surface area contributed by atoms with Gasteiger partial charge in [-0.05, 0) is 54.3 Å². The summed E-state index contributed by atoms with van der Waals surface area (Å²) in [6, 6.07) is 12.5. The Morgan fingerprint density at radius 3 is 2.58 bits per heavy atom. The number of ether oxygens (including phenoxy) is 1. The zero-order valence-corrected chi connectivity index (χ0v) is 15.7. The third-order valence-corrected chi connectivity index (χ3v) is 4.80. The Morgan fingerprint density at radius 1 is 1.19 bits per heavy atom. The molecule has 0 fully saturated rings. The summed E-state index contributed by atoms with van der Waals surface area (Å²) in [5, 5.41) is 0.912. The van der Waals surface area contributed by atoms with Gasteiger partial charge in [0.25, 0.3) is 0 Å². The van der Waals surface area contributed by atoms with Crippen LogP contribution < -0.4 is 10.2 Å². The fourth-order valence-electron chi connectivity index (χ4n) is 2.88. The van der Waals surface area contributed by atoms with Crippen molar-refractivity contribution >= 4 is 28.1 Å². The van der Waals surface area contributed by atoms with Gasteiger partial charge >= 0.3 is 0 Å². The number of unbranched alkanes of at least 4 members (excludes halogenated alkanes) is 1. The topological polar surface area (TPSA) is 39.4 Å². The number of methoxy groups -OCH3 is 1. The molecule has 0 aliphatic heterocycles. The first-order valence-corrected chi connectivity index (χ1v) is 9.02. The summed E-state index contributed by atoms with van der Waals surface area (Å²) in [6.45, 7) is 6.27. The van der Waals surface area contributed by atoms with E-state index in [1.807, 2.05) is 30.3 Å². The van der Waals surface area contributed by atoms with E-state index in [0.717, 1.165) is 41.7 Å². The van der Waals surface area contributed by atoms with E-state index in [2.05, 4.69) is 13.5 Å². The van der Waals surface area contributed by atoms with Gasteiger partial charge < -0.3 is 9.15 Å². The van der Waals surface area contributed by atoms with E-state index in [1.165, 1.54) is 6.07 Å². The van der Waals surface area contributed by atoms with E-state index in [0.29, 0.717) is 21.8 Å². The molecule has 0 bridgehead atoms. The number of halogens is 1. The van der Waals surface area contributed by atoms with Crippen LogP contribution >= 0.6 is 11.6 Å². The van der Waals surface area contributed by atoms with Crippen LogP contribution in [0, 0.1) is 0 Å². The average molecular weight is 369 g/mol. The van der Waals surface area contributed by atoms with Crippen LogP contribution in [0.1, 0.15) is 31.7 Å². The number of hydrogen-bond acceptors (Lipinski definition) is 3. The van der Waals surface area contributed by atoms with Gasteiger partial charge in [-0.3, -0.25) is 4.79 Å². The molecule has 3 nitrogen and oxygen atoms in total. The molecular weight excluding hydrogens is 348 g/mol. The van der Waals surface area contributed by atoms with E-state index in [4.69, 9.17) is 20.8 Å². The molecule has 3 aromatic rings. The Labute approximate surface area is 157 Å². The number of benzene rings is 2. The van der Waals surface area contributed by atoms with Crippen LogP contribution in [0.2, 0.25) is 5.02 Å². The smallest absolute Gasteiger partial charge is 0.193 e. The first kappa shape index (κ1) is 18.3. The van der Waals surface area contributed by atoms with Crippen molar-refractivity contribution in [1.29, 1.82) is 0 Å². The number of allylic oxidation sites excluding steroid dienone is 1. The molecule has 0 unspecified atom stereocenters. The van der Waals surface area contributed by atoms with Gasteiger partial charge in [0.15, 0.2) is 11.0 Å². The lowest BCUT2D eigenvalue weighted by Gasteiger charge is -2.11. The van der Waals surface area contributed by atoms with Gasteiger partial charge in [0.05, 0.1) is 17.5 Å². The average Bonchev–Trinajstić information content (AvgIpc) is 2.66. The molecular formula is C22H21ClO3.